The van der Waals surface area contributed by atoms with Crippen molar-refractivity contribution in [1.82, 2.24) is 15.1 Å². The molecule has 2 aromatic carbocycles. The van der Waals surface area contributed by atoms with Gasteiger partial charge in [0.25, 0.3) is 0 Å². The lowest BCUT2D eigenvalue weighted by atomic mass is 9.73. The summed E-state index contributed by atoms with van der Waals surface area (Å²) in [5, 5.41) is 3.15. The third-order valence-electron chi connectivity index (χ3n) is 8.18. The van der Waals surface area contributed by atoms with Crippen molar-refractivity contribution in [2.24, 2.45) is 5.41 Å². The highest BCUT2D eigenvalue weighted by Gasteiger charge is 2.51. The number of ether oxygens (including phenoxy) is 4. The number of hydrogen-bond acceptors (Lipinski definition) is 7. The molecule has 2 atom stereocenters. The van der Waals surface area contributed by atoms with Gasteiger partial charge in [-0.25, -0.2) is 4.39 Å². The molecule has 0 radical (unpaired) electrons. The van der Waals surface area contributed by atoms with E-state index in [4.69, 9.17) is 18.9 Å². The Bertz CT molecular complexity index is 1230. The van der Waals surface area contributed by atoms with Crippen LogP contribution in [0.3, 0.4) is 0 Å². The number of rotatable bonds is 5. The van der Waals surface area contributed by atoms with Gasteiger partial charge in [0.1, 0.15) is 18.2 Å². The Kier molecular flexibility index (Phi) is 8.75. The second kappa shape index (κ2) is 12.4. The van der Waals surface area contributed by atoms with Gasteiger partial charge in [-0.15, -0.1) is 0 Å². The largest absolute Gasteiger partial charge is 0.497 e. The zero-order valence-electron chi connectivity index (χ0n) is 23.2. The fourth-order valence-electron chi connectivity index (χ4n) is 6.12. The maximum atomic E-state index is 14.8. The quantitative estimate of drug-likeness (QED) is 0.607. The molecule has 4 aliphatic rings. The van der Waals surface area contributed by atoms with Crippen molar-refractivity contribution in [3.8, 4) is 17.2 Å². The van der Waals surface area contributed by atoms with Crippen molar-refractivity contribution < 1.29 is 32.9 Å². The zero-order valence-corrected chi connectivity index (χ0v) is 23.2. The maximum absolute atomic E-state index is 14.8. The van der Waals surface area contributed by atoms with Crippen molar-refractivity contribution in [3.05, 3.63) is 53.3 Å². The van der Waals surface area contributed by atoms with Crippen molar-refractivity contribution in [2.75, 3.05) is 66.8 Å². The molecule has 4 heterocycles. The van der Waals surface area contributed by atoms with Crippen LogP contribution in [0.15, 0.2) is 36.4 Å². The summed E-state index contributed by atoms with van der Waals surface area (Å²) in [6.07, 6.45) is 1.51. The summed E-state index contributed by atoms with van der Waals surface area (Å²) in [5.74, 6) is 1.52. The number of likely N-dealkylation sites (tertiary alicyclic amines) is 1. The van der Waals surface area contributed by atoms with Gasteiger partial charge in [0.2, 0.25) is 11.8 Å². The average molecular weight is 556 g/mol. The Morgan fingerprint density at radius 2 is 2.02 bits per heavy atom. The van der Waals surface area contributed by atoms with Crippen LogP contribution in [0.5, 0.6) is 17.2 Å². The fourth-order valence-corrected chi connectivity index (χ4v) is 6.12. The van der Waals surface area contributed by atoms with Gasteiger partial charge >= 0.3 is 0 Å². The van der Waals surface area contributed by atoms with Crippen LogP contribution in [-0.4, -0.2) is 88.4 Å². The van der Waals surface area contributed by atoms with Crippen LogP contribution in [0.4, 0.5) is 4.39 Å². The molecule has 2 amide bonds. The Morgan fingerprint density at radius 1 is 1.18 bits per heavy atom. The number of nitrogens with one attached hydrogen (secondary N) is 1. The summed E-state index contributed by atoms with van der Waals surface area (Å²) in [6, 6.07) is 10.9. The molecule has 4 aliphatic heterocycles. The predicted molar refractivity (Wildman–Crippen MR) is 146 cm³/mol. The fraction of sp³-hybridized carbons (Fsp3) is 0.533. The molecule has 1 fully saturated rings. The lowest BCUT2D eigenvalue weighted by Gasteiger charge is -2.40. The minimum atomic E-state index is -0.373. The maximum Gasteiger partial charge on any atom is 0.248 e. The van der Waals surface area contributed by atoms with E-state index in [1.54, 1.807) is 17.0 Å². The highest BCUT2D eigenvalue weighted by Crippen LogP contribution is 2.52. The van der Waals surface area contributed by atoms with E-state index < -0.39 is 0 Å². The molecule has 0 saturated carbocycles. The average Bonchev–Trinajstić information content (AvgIpc) is 3.32. The molecule has 10 heteroatoms. The third-order valence-corrected chi connectivity index (χ3v) is 8.18. The number of carbonyl (C=O) groups excluding carboxylic acids is 2. The van der Waals surface area contributed by atoms with Crippen molar-refractivity contribution in [3.63, 3.8) is 0 Å². The molecule has 0 aromatic heterocycles. The van der Waals surface area contributed by atoms with Crippen LogP contribution in [0.25, 0.3) is 0 Å². The lowest BCUT2D eigenvalue weighted by Crippen LogP contribution is -2.48. The number of benzene rings is 2. The van der Waals surface area contributed by atoms with Gasteiger partial charge in [-0.1, -0.05) is 18.2 Å². The molecule has 216 valence electrons. The van der Waals surface area contributed by atoms with Gasteiger partial charge in [0.05, 0.1) is 20.3 Å². The molecule has 40 heavy (non-hydrogen) atoms. The molecule has 2 aromatic rings. The third kappa shape index (κ3) is 6.02. The van der Waals surface area contributed by atoms with Crippen LogP contribution >= 0.6 is 0 Å². The van der Waals surface area contributed by atoms with Crippen molar-refractivity contribution in [1.29, 1.82) is 0 Å². The van der Waals surface area contributed by atoms with E-state index in [0.717, 1.165) is 11.3 Å². The number of amides is 2. The number of methoxy groups -OCH3 is 2. The number of hydrogen-bond donors (Lipinski definition) is 1. The van der Waals surface area contributed by atoms with E-state index in [0.29, 0.717) is 88.8 Å². The minimum absolute atomic E-state index is 0.00786. The number of halogens is 1. The molecule has 1 saturated heterocycles. The van der Waals surface area contributed by atoms with E-state index >= 15 is 0 Å². The first kappa shape index (κ1) is 28.2. The molecule has 1 N–H and O–H groups in total. The van der Waals surface area contributed by atoms with E-state index in [-0.39, 0.29) is 35.6 Å². The normalized spacial score (nSPS) is 23.6. The number of nitrogens with zero attached hydrogens (tertiary/aromatic N) is 2. The van der Waals surface area contributed by atoms with Crippen LogP contribution in [0.2, 0.25) is 0 Å². The standard InChI is InChI=1S/C30H38FN3O6/c1-37-17-28(36)34-11-4-8-27(35)32-18-30-19-33(15-21-9-10-22(38-2)14-25(21)31)16-24(30)23-6-3-7-26(29(23)40-20-30)39-13-5-12-34/h3,6-7,9-10,14,24H,4-5,8,11-13,15-20H2,1-2H3,(H,32,35)/t24-,30+/m0/s1. The van der Waals surface area contributed by atoms with E-state index in [2.05, 4.69) is 16.3 Å². The summed E-state index contributed by atoms with van der Waals surface area (Å²) >= 11 is 0. The van der Waals surface area contributed by atoms with Crippen LogP contribution in [-0.2, 0) is 20.9 Å². The molecule has 9 nitrogen and oxygen atoms in total. The summed E-state index contributed by atoms with van der Waals surface area (Å²) < 4.78 is 37.6. The second-order valence-corrected chi connectivity index (χ2v) is 10.9. The van der Waals surface area contributed by atoms with Gasteiger partial charge in [-0.2, -0.15) is 0 Å². The molecule has 0 aliphatic carbocycles. The van der Waals surface area contributed by atoms with Gasteiger partial charge in [0.15, 0.2) is 11.5 Å². The summed E-state index contributed by atoms with van der Waals surface area (Å²) in [6.45, 7) is 4.09. The monoisotopic (exact) mass is 555 g/mol. The van der Waals surface area contributed by atoms with Gasteiger partial charge < -0.3 is 29.2 Å². The second-order valence-electron chi connectivity index (χ2n) is 10.9. The van der Waals surface area contributed by atoms with E-state index in [1.165, 1.54) is 20.3 Å². The molecule has 1 spiro atoms. The summed E-state index contributed by atoms with van der Waals surface area (Å²) in [7, 11) is 3.02. The summed E-state index contributed by atoms with van der Waals surface area (Å²) in [5.41, 5.74) is 1.27. The minimum Gasteiger partial charge on any atom is -0.497 e. The first-order valence-electron chi connectivity index (χ1n) is 13.9. The SMILES string of the molecule is COCC(=O)N1CCCOc2cccc3c2OC[C@@]2(CNC(=O)CCC1)CN(Cc1ccc(OC)cc1F)C[C@@H]32. The lowest BCUT2D eigenvalue weighted by molar-refractivity contribution is -0.135. The molecular formula is C30H38FN3O6. The van der Waals surface area contributed by atoms with Crippen molar-refractivity contribution in [2.45, 2.75) is 31.7 Å². The highest BCUT2D eigenvalue weighted by atomic mass is 19.1. The van der Waals surface area contributed by atoms with Crippen LogP contribution in [0.1, 0.15) is 36.3 Å². The van der Waals surface area contributed by atoms with Crippen molar-refractivity contribution >= 4 is 11.8 Å². The molecule has 4 bridgehead atoms. The van der Waals surface area contributed by atoms with E-state index in [1.807, 2.05) is 12.1 Å². The highest BCUT2D eigenvalue weighted by molar-refractivity contribution is 5.78. The van der Waals surface area contributed by atoms with Crippen LogP contribution in [0, 0.1) is 11.2 Å². The van der Waals surface area contributed by atoms with Gasteiger partial charge in [-0.05, 0) is 25.0 Å². The molecular weight excluding hydrogens is 517 g/mol. The van der Waals surface area contributed by atoms with E-state index in [9.17, 15) is 14.0 Å². The Hall–Kier alpha value is -3.37. The molecule has 0 unspecified atom stereocenters. The number of carbonyl (C=O) groups is 2. The Morgan fingerprint density at radius 3 is 2.83 bits per heavy atom. The Labute approximate surface area is 234 Å². The molecule has 6 rings (SSSR count). The number of fused-ring (bicyclic) bond motifs is 11. The first-order valence-corrected chi connectivity index (χ1v) is 13.9. The first-order chi connectivity index (χ1) is 19.4. The summed E-state index contributed by atoms with van der Waals surface area (Å²) in [4.78, 5) is 29.4. The predicted octanol–water partition coefficient (Wildman–Crippen LogP) is 2.97. The topological polar surface area (TPSA) is 89.6 Å². The van der Waals surface area contributed by atoms with Gasteiger partial charge in [-0.3, -0.25) is 14.5 Å². The zero-order chi connectivity index (χ0) is 28.1. The van der Waals surface area contributed by atoms with Crippen LogP contribution < -0.4 is 19.5 Å². The number of para-hydroxylation sites is 1. The smallest absolute Gasteiger partial charge is 0.248 e. The Balaban J connectivity index is 1.39. The van der Waals surface area contributed by atoms with Gasteiger partial charge in [0, 0.05) is 81.3 Å².